The van der Waals surface area contributed by atoms with Gasteiger partial charge in [0.2, 0.25) is 0 Å². The number of hydrogen-bond acceptors (Lipinski definition) is 5. The average molecular weight is 300 g/mol. The summed E-state index contributed by atoms with van der Waals surface area (Å²) in [7, 11) is -3.72. The molecule has 0 aromatic heterocycles. The molecule has 0 aliphatic heterocycles. The summed E-state index contributed by atoms with van der Waals surface area (Å²) in [5.41, 5.74) is -0.419. The maximum Gasteiger partial charge on any atom is 0.276 e. The summed E-state index contributed by atoms with van der Waals surface area (Å²) in [6, 6.07) is 2.39. The summed E-state index contributed by atoms with van der Waals surface area (Å²) in [6.07, 6.45) is 0.831. The number of hydrogen-bond donors (Lipinski definition) is 0. The van der Waals surface area contributed by atoms with Crippen molar-refractivity contribution in [3.63, 3.8) is 0 Å². The van der Waals surface area contributed by atoms with Gasteiger partial charge in [0, 0.05) is 6.07 Å². The molecule has 17 heavy (non-hydrogen) atoms. The van der Waals surface area contributed by atoms with E-state index in [-0.39, 0.29) is 21.3 Å². The van der Waals surface area contributed by atoms with E-state index in [4.69, 9.17) is 23.2 Å². The first-order chi connectivity index (χ1) is 7.72. The summed E-state index contributed by atoms with van der Waals surface area (Å²) in [5.74, 6) is 0. The Labute approximate surface area is 107 Å². The molecule has 9 heteroatoms. The minimum absolute atomic E-state index is 0.0745. The largest absolute Gasteiger partial charge is 0.276 e. The highest BCUT2D eigenvalue weighted by Crippen LogP contribution is 2.33. The quantitative estimate of drug-likeness (QED) is 0.484. The van der Waals surface area contributed by atoms with Crippen LogP contribution in [0.4, 0.5) is 5.69 Å². The molecule has 0 heterocycles. The van der Waals surface area contributed by atoms with Crippen LogP contribution >= 0.6 is 23.2 Å². The molecule has 0 atom stereocenters. The standard InChI is InChI=1S/C8H7Cl2NO5S/c1-17(14,15)16-4-5-7(11(12)13)3-2-6(9)8(5)10/h2-3H,4H2,1H3. The van der Waals surface area contributed by atoms with E-state index in [1.807, 2.05) is 0 Å². The van der Waals surface area contributed by atoms with E-state index in [0.29, 0.717) is 0 Å². The van der Waals surface area contributed by atoms with E-state index in [1.54, 1.807) is 0 Å². The Kier molecular flexibility index (Phi) is 4.31. The number of nitro benzene ring substituents is 1. The lowest BCUT2D eigenvalue weighted by Crippen LogP contribution is -2.05. The van der Waals surface area contributed by atoms with Crippen molar-refractivity contribution in [3.8, 4) is 0 Å². The Morgan fingerprint density at radius 3 is 2.47 bits per heavy atom. The minimum atomic E-state index is -3.72. The highest BCUT2D eigenvalue weighted by Gasteiger charge is 2.20. The highest BCUT2D eigenvalue weighted by atomic mass is 35.5. The van der Waals surface area contributed by atoms with E-state index in [2.05, 4.69) is 4.18 Å². The molecule has 94 valence electrons. The topological polar surface area (TPSA) is 86.5 Å². The van der Waals surface area contributed by atoms with Gasteiger partial charge in [-0.3, -0.25) is 14.3 Å². The number of nitro groups is 1. The van der Waals surface area contributed by atoms with E-state index in [1.165, 1.54) is 6.07 Å². The predicted octanol–water partition coefficient (Wildman–Crippen LogP) is 2.38. The molecule has 0 amide bonds. The van der Waals surface area contributed by atoms with Crippen molar-refractivity contribution in [2.75, 3.05) is 6.26 Å². The summed E-state index contributed by atoms with van der Waals surface area (Å²) in [5, 5.41) is 10.7. The van der Waals surface area contributed by atoms with Gasteiger partial charge in [-0.15, -0.1) is 0 Å². The van der Waals surface area contributed by atoms with Crippen LogP contribution in [0.25, 0.3) is 0 Å². The van der Waals surface area contributed by atoms with E-state index in [0.717, 1.165) is 12.3 Å². The molecule has 0 unspecified atom stereocenters. The van der Waals surface area contributed by atoms with Gasteiger partial charge in [0.25, 0.3) is 15.8 Å². The van der Waals surface area contributed by atoms with Crippen LogP contribution in [0.1, 0.15) is 5.56 Å². The van der Waals surface area contributed by atoms with Gasteiger partial charge in [0.05, 0.1) is 33.4 Å². The fraction of sp³-hybridized carbons (Fsp3) is 0.250. The third-order valence-corrected chi connectivity index (χ3v) is 3.17. The summed E-state index contributed by atoms with van der Waals surface area (Å²) in [6.45, 7) is -0.533. The molecule has 0 fully saturated rings. The maximum atomic E-state index is 10.8. The molecule has 0 bridgehead atoms. The van der Waals surface area contributed by atoms with E-state index < -0.39 is 21.6 Å². The predicted molar refractivity (Wildman–Crippen MR) is 62.7 cm³/mol. The zero-order chi connectivity index (χ0) is 13.2. The Hall–Kier alpha value is -0.890. The van der Waals surface area contributed by atoms with Crippen molar-refractivity contribution < 1.29 is 17.5 Å². The van der Waals surface area contributed by atoms with Gasteiger partial charge in [-0.05, 0) is 6.07 Å². The molecule has 1 aromatic rings. The van der Waals surface area contributed by atoms with Crippen molar-refractivity contribution >= 4 is 39.0 Å². The molecule has 0 radical (unpaired) electrons. The lowest BCUT2D eigenvalue weighted by Gasteiger charge is -2.06. The van der Waals surface area contributed by atoms with Gasteiger partial charge in [0.15, 0.2) is 0 Å². The molecule has 1 rings (SSSR count). The molecule has 0 N–H and O–H groups in total. The van der Waals surface area contributed by atoms with Crippen LogP contribution in [0, 0.1) is 10.1 Å². The van der Waals surface area contributed by atoms with Crippen molar-refractivity contribution in [1.82, 2.24) is 0 Å². The number of nitrogens with zero attached hydrogens (tertiary/aromatic N) is 1. The second-order valence-electron chi connectivity index (χ2n) is 3.08. The van der Waals surface area contributed by atoms with Gasteiger partial charge in [-0.1, -0.05) is 23.2 Å². The summed E-state index contributed by atoms with van der Waals surface area (Å²) in [4.78, 5) is 10.0. The second kappa shape index (κ2) is 5.18. The monoisotopic (exact) mass is 299 g/mol. The Balaban J connectivity index is 3.19. The summed E-state index contributed by atoms with van der Waals surface area (Å²) >= 11 is 11.4. The fourth-order valence-electron chi connectivity index (χ4n) is 1.06. The van der Waals surface area contributed by atoms with Crippen LogP contribution < -0.4 is 0 Å². The fourth-order valence-corrected chi connectivity index (χ4v) is 1.78. The molecule has 0 saturated carbocycles. The first kappa shape index (κ1) is 14.2. The minimum Gasteiger partial charge on any atom is -0.265 e. The first-order valence-corrected chi connectivity index (χ1v) is 6.75. The molecule has 6 nitrogen and oxygen atoms in total. The Bertz CT molecular complexity index is 557. The molecular weight excluding hydrogens is 293 g/mol. The smallest absolute Gasteiger partial charge is 0.265 e. The van der Waals surface area contributed by atoms with Gasteiger partial charge in [-0.2, -0.15) is 8.42 Å². The molecule has 1 aromatic carbocycles. The van der Waals surface area contributed by atoms with Gasteiger partial charge in [-0.25, -0.2) is 0 Å². The number of halogens is 2. The van der Waals surface area contributed by atoms with Crippen molar-refractivity contribution in [3.05, 3.63) is 37.9 Å². The van der Waals surface area contributed by atoms with E-state index >= 15 is 0 Å². The van der Waals surface area contributed by atoms with Gasteiger partial charge in [0.1, 0.15) is 0 Å². The zero-order valence-electron chi connectivity index (χ0n) is 8.51. The molecule has 0 aliphatic carbocycles. The van der Waals surface area contributed by atoms with Crippen LogP contribution in [0.2, 0.25) is 10.0 Å². The van der Waals surface area contributed by atoms with Crippen molar-refractivity contribution in [2.24, 2.45) is 0 Å². The highest BCUT2D eigenvalue weighted by molar-refractivity contribution is 7.85. The Morgan fingerprint density at radius 2 is 2.00 bits per heavy atom. The van der Waals surface area contributed by atoms with Crippen molar-refractivity contribution in [1.29, 1.82) is 0 Å². The van der Waals surface area contributed by atoms with Crippen LogP contribution in [-0.4, -0.2) is 19.6 Å². The zero-order valence-corrected chi connectivity index (χ0v) is 10.8. The number of benzene rings is 1. The third-order valence-electron chi connectivity index (χ3n) is 1.79. The molecule has 0 aliphatic rings. The van der Waals surface area contributed by atoms with Crippen LogP contribution in [0.15, 0.2) is 12.1 Å². The SMILES string of the molecule is CS(=O)(=O)OCc1c([N+](=O)[O-])ccc(Cl)c1Cl. The van der Waals surface area contributed by atoms with Crippen LogP contribution in [0.3, 0.4) is 0 Å². The molecule has 0 spiro atoms. The normalized spacial score (nSPS) is 11.5. The molecule has 0 saturated heterocycles. The maximum absolute atomic E-state index is 10.8. The second-order valence-corrected chi connectivity index (χ2v) is 5.51. The Morgan fingerprint density at radius 1 is 1.41 bits per heavy atom. The lowest BCUT2D eigenvalue weighted by atomic mass is 10.2. The van der Waals surface area contributed by atoms with Gasteiger partial charge < -0.3 is 0 Å². The average Bonchev–Trinajstić information content (AvgIpc) is 2.18. The van der Waals surface area contributed by atoms with Crippen molar-refractivity contribution in [2.45, 2.75) is 6.61 Å². The number of rotatable bonds is 4. The van der Waals surface area contributed by atoms with Crippen LogP contribution in [-0.2, 0) is 20.9 Å². The van der Waals surface area contributed by atoms with E-state index in [9.17, 15) is 18.5 Å². The summed E-state index contributed by atoms with van der Waals surface area (Å²) < 4.78 is 26.1. The first-order valence-electron chi connectivity index (χ1n) is 4.18. The van der Waals surface area contributed by atoms with Gasteiger partial charge >= 0.3 is 0 Å². The molecular formula is C8H7Cl2NO5S. The van der Waals surface area contributed by atoms with Crippen LogP contribution in [0.5, 0.6) is 0 Å². The lowest BCUT2D eigenvalue weighted by molar-refractivity contribution is -0.385. The third kappa shape index (κ3) is 3.81.